The Morgan fingerprint density at radius 1 is 1.08 bits per heavy atom. The first-order valence-corrected chi connectivity index (χ1v) is 13.3. The molecular formula is C25H33ClFN7O2S. The van der Waals surface area contributed by atoms with E-state index in [1.165, 1.54) is 6.07 Å². The van der Waals surface area contributed by atoms with Gasteiger partial charge in [0.05, 0.1) is 4.90 Å². The second kappa shape index (κ2) is 12.6. The molecule has 4 N–H and O–H groups in total. The lowest BCUT2D eigenvalue weighted by atomic mass is 10.1. The average Bonchev–Trinajstić information content (AvgIpc) is 2.86. The largest absolute Gasteiger partial charge is 0.340 e. The predicted molar refractivity (Wildman–Crippen MR) is 147 cm³/mol. The molecule has 3 aromatic rings. The fourth-order valence-electron chi connectivity index (χ4n) is 4.24. The van der Waals surface area contributed by atoms with Crippen LogP contribution in [0, 0.1) is 12.7 Å². The molecule has 0 saturated carbocycles. The molecule has 0 amide bonds. The molecule has 1 aliphatic rings. The Morgan fingerprint density at radius 2 is 1.76 bits per heavy atom. The van der Waals surface area contributed by atoms with Gasteiger partial charge in [0, 0.05) is 36.7 Å². The van der Waals surface area contributed by atoms with Gasteiger partial charge >= 0.3 is 0 Å². The number of piperidine rings is 1. The van der Waals surface area contributed by atoms with E-state index in [9.17, 15) is 12.8 Å². The van der Waals surface area contributed by atoms with Gasteiger partial charge < -0.3 is 21.3 Å². The van der Waals surface area contributed by atoms with E-state index in [0.717, 1.165) is 25.9 Å². The Balaban J connectivity index is 0.00000380. The van der Waals surface area contributed by atoms with Crippen LogP contribution in [0.1, 0.15) is 18.4 Å². The summed E-state index contributed by atoms with van der Waals surface area (Å²) in [6, 6.07) is 12.9. The van der Waals surface area contributed by atoms with Crippen LogP contribution in [0.15, 0.2) is 59.6 Å². The Hall–Kier alpha value is -2.83. The zero-order valence-corrected chi connectivity index (χ0v) is 22.5. The standard InChI is InChI=1S/C25H32FN7O2S.ClH/c1-18-17-20(5-8-23(18)26)29-24-9-13-28-25(31-24)30-19-3-6-22(7-4-19)36(34,35)33(16-12-27)21-10-14-32(2)15-11-21;/h3-9,13,17,21H,10-12,14-16,27H2,1-2H3,(H2,28,29,30,31);1H. The second-order valence-corrected chi connectivity index (χ2v) is 10.8. The van der Waals surface area contributed by atoms with Crippen LogP contribution < -0.4 is 16.4 Å². The van der Waals surface area contributed by atoms with Crippen molar-refractivity contribution in [2.24, 2.45) is 5.73 Å². The third kappa shape index (κ3) is 7.14. The minimum atomic E-state index is -3.68. The van der Waals surface area contributed by atoms with E-state index >= 15 is 0 Å². The number of aryl methyl sites for hydroxylation is 1. The molecule has 0 unspecified atom stereocenters. The first kappa shape index (κ1) is 28.7. The van der Waals surface area contributed by atoms with E-state index < -0.39 is 10.0 Å². The number of benzene rings is 2. The van der Waals surface area contributed by atoms with Crippen molar-refractivity contribution < 1.29 is 12.8 Å². The number of nitrogens with two attached hydrogens (primary N) is 1. The predicted octanol–water partition coefficient (Wildman–Crippen LogP) is 3.88. The number of rotatable bonds is 9. The molecule has 0 radical (unpaired) electrons. The van der Waals surface area contributed by atoms with Crippen molar-refractivity contribution in [1.29, 1.82) is 0 Å². The number of hydrogen-bond acceptors (Lipinski definition) is 8. The lowest BCUT2D eigenvalue weighted by molar-refractivity contribution is 0.184. The summed E-state index contributed by atoms with van der Waals surface area (Å²) in [5.41, 5.74) is 7.65. The summed E-state index contributed by atoms with van der Waals surface area (Å²) >= 11 is 0. The van der Waals surface area contributed by atoms with Crippen LogP contribution in [-0.4, -0.2) is 66.9 Å². The number of hydrogen-bond donors (Lipinski definition) is 3. The third-order valence-corrected chi connectivity index (χ3v) is 8.21. The van der Waals surface area contributed by atoms with Crippen LogP contribution in [0.5, 0.6) is 0 Å². The van der Waals surface area contributed by atoms with Gasteiger partial charge in [-0.1, -0.05) is 0 Å². The third-order valence-electron chi connectivity index (χ3n) is 6.25. The molecule has 12 heteroatoms. The van der Waals surface area contributed by atoms with E-state index in [1.54, 1.807) is 59.9 Å². The summed E-state index contributed by atoms with van der Waals surface area (Å²) in [4.78, 5) is 11.1. The minimum absolute atomic E-state index is 0. The van der Waals surface area contributed by atoms with Crippen LogP contribution in [-0.2, 0) is 10.0 Å². The molecule has 4 rings (SSSR count). The molecule has 9 nitrogen and oxygen atoms in total. The number of nitrogens with zero attached hydrogens (tertiary/aromatic N) is 4. The first-order chi connectivity index (χ1) is 17.3. The molecule has 0 bridgehead atoms. The molecule has 2 heterocycles. The lowest BCUT2D eigenvalue weighted by Gasteiger charge is -2.36. The van der Waals surface area contributed by atoms with Crippen molar-refractivity contribution in [2.45, 2.75) is 30.7 Å². The van der Waals surface area contributed by atoms with Crippen molar-refractivity contribution in [1.82, 2.24) is 19.2 Å². The Morgan fingerprint density at radius 3 is 2.41 bits per heavy atom. The number of nitrogens with one attached hydrogen (secondary N) is 2. The van der Waals surface area contributed by atoms with Gasteiger partial charge in [-0.25, -0.2) is 17.8 Å². The normalized spacial score (nSPS) is 14.8. The molecule has 1 saturated heterocycles. The summed E-state index contributed by atoms with van der Waals surface area (Å²) < 4.78 is 41.9. The minimum Gasteiger partial charge on any atom is -0.340 e. The van der Waals surface area contributed by atoms with Gasteiger partial charge in [0.25, 0.3) is 0 Å². The van der Waals surface area contributed by atoms with Crippen molar-refractivity contribution in [3.05, 3.63) is 66.1 Å². The Bertz CT molecular complexity index is 1290. The van der Waals surface area contributed by atoms with Gasteiger partial charge in [-0.05, 0) is 94.0 Å². The number of halogens is 2. The average molecular weight is 550 g/mol. The maximum Gasteiger partial charge on any atom is 0.243 e. The summed E-state index contributed by atoms with van der Waals surface area (Å²) in [6.45, 7) is 3.97. The van der Waals surface area contributed by atoms with Gasteiger partial charge in [-0.2, -0.15) is 9.29 Å². The zero-order valence-electron chi connectivity index (χ0n) is 20.9. The molecule has 1 fully saturated rings. The van der Waals surface area contributed by atoms with Crippen molar-refractivity contribution >= 4 is 45.6 Å². The highest BCUT2D eigenvalue weighted by molar-refractivity contribution is 7.89. The number of likely N-dealkylation sites (tertiary alicyclic amines) is 1. The van der Waals surface area contributed by atoms with E-state index in [1.807, 2.05) is 7.05 Å². The molecule has 1 aliphatic heterocycles. The Labute approximate surface area is 223 Å². The van der Waals surface area contributed by atoms with Crippen LogP contribution in [0.4, 0.5) is 27.5 Å². The smallest absolute Gasteiger partial charge is 0.243 e. The quantitative estimate of drug-likeness (QED) is 0.368. The maximum atomic E-state index is 13.5. The number of sulfonamides is 1. The van der Waals surface area contributed by atoms with E-state index in [2.05, 4.69) is 25.5 Å². The van der Waals surface area contributed by atoms with Gasteiger partial charge in [-0.15, -0.1) is 12.4 Å². The van der Waals surface area contributed by atoms with E-state index in [4.69, 9.17) is 5.73 Å². The topological polar surface area (TPSA) is 116 Å². The first-order valence-electron chi connectivity index (χ1n) is 11.9. The van der Waals surface area contributed by atoms with Crippen molar-refractivity contribution in [3.8, 4) is 0 Å². The molecule has 200 valence electrons. The fraction of sp³-hybridized carbons (Fsp3) is 0.360. The van der Waals surface area contributed by atoms with Gasteiger partial charge in [0.1, 0.15) is 11.6 Å². The SMILES string of the molecule is Cc1cc(Nc2ccnc(Nc3ccc(S(=O)(=O)N(CCN)C4CCN(C)CC4)cc3)n2)ccc1F.Cl. The molecular weight excluding hydrogens is 517 g/mol. The monoisotopic (exact) mass is 549 g/mol. The highest BCUT2D eigenvalue weighted by Gasteiger charge is 2.32. The Kier molecular flexibility index (Phi) is 9.80. The highest BCUT2D eigenvalue weighted by Crippen LogP contribution is 2.26. The van der Waals surface area contributed by atoms with Crippen LogP contribution >= 0.6 is 12.4 Å². The van der Waals surface area contributed by atoms with Crippen molar-refractivity contribution in [2.75, 3.05) is 43.9 Å². The molecule has 0 spiro atoms. The van der Waals surface area contributed by atoms with Gasteiger partial charge in [0.2, 0.25) is 16.0 Å². The summed E-state index contributed by atoms with van der Waals surface area (Å²) in [7, 11) is -1.63. The molecule has 0 aliphatic carbocycles. The molecule has 37 heavy (non-hydrogen) atoms. The maximum absolute atomic E-state index is 13.5. The zero-order chi connectivity index (χ0) is 25.7. The van der Waals surface area contributed by atoms with E-state index in [-0.39, 0.29) is 42.3 Å². The number of anilines is 4. The summed E-state index contributed by atoms with van der Waals surface area (Å²) in [5, 5.41) is 6.23. The lowest BCUT2D eigenvalue weighted by Crippen LogP contribution is -2.48. The van der Waals surface area contributed by atoms with Crippen molar-refractivity contribution in [3.63, 3.8) is 0 Å². The summed E-state index contributed by atoms with van der Waals surface area (Å²) in [6.07, 6.45) is 3.17. The summed E-state index contributed by atoms with van der Waals surface area (Å²) in [5.74, 6) is 0.604. The second-order valence-electron chi connectivity index (χ2n) is 8.94. The van der Waals surface area contributed by atoms with E-state index in [0.29, 0.717) is 28.7 Å². The van der Waals surface area contributed by atoms with Crippen LogP contribution in [0.25, 0.3) is 0 Å². The number of aromatic nitrogens is 2. The molecule has 1 aromatic heterocycles. The molecule has 2 aromatic carbocycles. The fourth-order valence-corrected chi connectivity index (χ4v) is 5.94. The van der Waals surface area contributed by atoms with Crippen LogP contribution in [0.2, 0.25) is 0 Å². The molecule has 0 atom stereocenters. The highest BCUT2D eigenvalue weighted by atomic mass is 35.5. The van der Waals surface area contributed by atoms with Gasteiger partial charge in [0.15, 0.2) is 0 Å². The van der Waals surface area contributed by atoms with Gasteiger partial charge in [-0.3, -0.25) is 0 Å². The van der Waals surface area contributed by atoms with Crippen LogP contribution in [0.3, 0.4) is 0 Å².